The van der Waals surface area contributed by atoms with Crippen LogP contribution in [0.1, 0.15) is 29.2 Å². The van der Waals surface area contributed by atoms with Crippen molar-refractivity contribution >= 4 is 28.4 Å². The van der Waals surface area contributed by atoms with Crippen LogP contribution in [0.4, 0.5) is 5.82 Å². The standard InChI is InChI=1S/C24H27N7O4/c1-25-21-8-17(15-10-30(18-11-35-12-19(18)32)22-13(15)4-3-7-26-22)28-23-14(9-27-31(21)23)24(33)29-16-5-6-20(16)34-2/h3-4,7-10,16,18-20,25,32H,5-6,11-12H2,1-2H3,(H,29,33)/t16-,18-,19-,20-/m0/s1. The number of amides is 1. The Balaban J connectivity index is 1.45. The van der Waals surface area contributed by atoms with Crippen molar-refractivity contribution in [3.8, 4) is 11.3 Å². The Morgan fingerprint density at radius 2 is 2.17 bits per heavy atom. The van der Waals surface area contributed by atoms with Gasteiger partial charge in [-0.2, -0.15) is 9.61 Å². The van der Waals surface area contributed by atoms with Gasteiger partial charge >= 0.3 is 0 Å². The first-order valence-corrected chi connectivity index (χ1v) is 11.7. The number of hydrogen-bond acceptors (Lipinski definition) is 8. The third kappa shape index (κ3) is 3.54. The fourth-order valence-electron chi connectivity index (χ4n) is 4.94. The SMILES string of the molecule is CNc1cc(-c2cn([C@H]3COC[C@@H]3O)c3ncccc23)nc2c(C(=O)N[C@H]3CC[C@@H]3OC)cnn12. The number of anilines is 1. The highest BCUT2D eigenvalue weighted by Crippen LogP contribution is 2.34. The van der Waals surface area contributed by atoms with Crippen LogP contribution < -0.4 is 10.6 Å². The monoisotopic (exact) mass is 477 g/mol. The van der Waals surface area contributed by atoms with Gasteiger partial charge in [-0.15, -0.1) is 0 Å². The fourth-order valence-corrected chi connectivity index (χ4v) is 4.94. The number of nitrogens with one attached hydrogen (secondary N) is 2. The lowest BCUT2D eigenvalue weighted by Gasteiger charge is -2.35. The van der Waals surface area contributed by atoms with E-state index in [4.69, 9.17) is 14.5 Å². The molecule has 1 aliphatic carbocycles. The van der Waals surface area contributed by atoms with E-state index in [-0.39, 0.29) is 24.1 Å². The van der Waals surface area contributed by atoms with Gasteiger partial charge in [-0.25, -0.2) is 9.97 Å². The van der Waals surface area contributed by atoms with Gasteiger partial charge in [-0.05, 0) is 25.0 Å². The van der Waals surface area contributed by atoms with E-state index < -0.39 is 6.10 Å². The summed E-state index contributed by atoms with van der Waals surface area (Å²) in [5.41, 5.74) is 3.10. The van der Waals surface area contributed by atoms with Gasteiger partial charge in [0.15, 0.2) is 5.65 Å². The quantitative estimate of drug-likeness (QED) is 0.382. The van der Waals surface area contributed by atoms with Crippen LogP contribution >= 0.6 is 0 Å². The van der Waals surface area contributed by atoms with E-state index in [1.54, 1.807) is 31.1 Å². The molecule has 4 atom stereocenters. The molecule has 3 N–H and O–H groups in total. The fraction of sp³-hybridized carbons (Fsp3) is 0.417. The number of carbonyl (C=O) groups excluding carboxylic acids is 1. The normalized spacial score (nSPS) is 24.1. The van der Waals surface area contributed by atoms with Crippen LogP contribution in [0.2, 0.25) is 0 Å². The molecule has 4 aromatic rings. The van der Waals surface area contributed by atoms with Crippen LogP contribution in [-0.4, -0.2) is 80.8 Å². The molecule has 1 aliphatic heterocycles. The Labute approximate surface area is 201 Å². The summed E-state index contributed by atoms with van der Waals surface area (Å²) in [6, 6.07) is 5.49. The number of carbonyl (C=O) groups is 1. The van der Waals surface area contributed by atoms with E-state index in [2.05, 4.69) is 20.7 Å². The molecule has 1 saturated carbocycles. The molecule has 2 aliphatic rings. The van der Waals surface area contributed by atoms with Gasteiger partial charge in [0.05, 0.1) is 43.3 Å². The predicted octanol–water partition coefficient (Wildman–Crippen LogP) is 1.63. The second kappa shape index (κ2) is 8.59. The van der Waals surface area contributed by atoms with Crippen LogP contribution in [-0.2, 0) is 9.47 Å². The zero-order valence-electron chi connectivity index (χ0n) is 19.5. The average molecular weight is 478 g/mol. The zero-order chi connectivity index (χ0) is 24.1. The Hall–Kier alpha value is -3.54. The molecular formula is C24H27N7O4. The summed E-state index contributed by atoms with van der Waals surface area (Å²) >= 11 is 0. The second-order valence-electron chi connectivity index (χ2n) is 9.00. The molecule has 2 fully saturated rings. The molecule has 6 rings (SSSR count). The molecule has 0 aromatic carbocycles. The summed E-state index contributed by atoms with van der Waals surface area (Å²) in [4.78, 5) is 22.6. The molecule has 0 bridgehead atoms. The van der Waals surface area contributed by atoms with Crippen molar-refractivity contribution in [1.82, 2.24) is 29.5 Å². The minimum atomic E-state index is -0.615. The Kier molecular flexibility index (Phi) is 5.39. The lowest BCUT2D eigenvalue weighted by molar-refractivity contribution is 0.00732. The maximum Gasteiger partial charge on any atom is 0.257 e. The number of aliphatic hydroxyl groups excluding tert-OH is 1. The Morgan fingerprint density at radius 1 is 1.29 bits per heavy atom. The van der Waals surface area contributed by atoms with Crippen LogP contribution in [0.15, 0.2) is 36.8 Å². The topological polar surface area (TPSA) is 128 Å². The van der Waals surface area contributed by atoms with Gasteiger partial charge in [-0.1, -0.05) is 0 Å². The molecule has 4 aromatic heterocycles. The number of fused-ring (bicyclic) bond motifs is 2. The lowest BCUT2D eigenvalue weighted by Crippen LogP contribution is -2.51. The van der Waals surface area contributed by atoms with Gasteiger partial charge < -0.3 is 29.8 Å². The van der Waals surface area contributed by atoms with Crippen molar-refractivity contribution in [2.75, 3.05) is 32.7 Å². The van der Waals surface area contributed by atoms with E-state index in [9.17, 15) is 9.90 Å². The summed E-state index contributed by atoms with van der Waals surface area (Å²) < 4.78 is 14.5. The molecule has 0 unspecified atom stereocenters. The van der Waals surface area contributed by atoms with Gasteiger partial charge in [0, 0.05) is 43.6 Å². The molecule has 0 spiro atoms. The van der Waals surface area contributed by atoms with Crippen molar-refractivity contribution in [3.05, 3.63) is 42.4 Å². The second-order valence-corrected chi connectivity index (χ2v) is 9.00. The largest absolute Gasteiger partial charge is 0.388 e. The minimum Gasteiger partial charge on any atom is -0.388 e. The molecule has 11 heteroatoms. The molecule has 5 heterocycles. The van der Waals surface area contributed by atoms with Crippen molar-refractivity contribution in [1.29, 1.82) is 0 Å². The first kappa shape index (κ1) is 22.0. The summed E-state index contributed by atoms with van der Waals surface area (Å²) in [5.74, 6) is 0.463. The van der Waals surface area contributed by atoms with E-state index in [0.717, 1.165) is 29.4 Å². The molecule has 1 saturated heterocycles. The van der Waals surface area contributed by atoms with E-state index in [1.165, 1.54) is 0 Å². The number of methoxy groups -OCH3 is 1. The van der Waals surface area contributed by atoms with Crippen LogP contribution in [0, 0.1) is 0 Å². The Bertz CT molecular complexity index is 1410. The van der Waals surface area contributed by atoms with Gasteiger partial charge in [0.25, 0.3) is 5.91 Å². The minimum absolute atomic E-state index is 0.0153. The highest BCUT2D eigenvalue weighted by atomic mass is 16.5. The van der Waals surface area contributed by atoms with Crippen LogP contribution in [0.25, 0.3) is 27.9 Å². The van der Waals surface area contributed by atoms with E-state index in [0.29, 0.717) is 35.9 Å². The van der Waals surface area contributed by atoms with Crippen molar-refractivity contribution in [2.24, 2.45) is 0 Å². The first-order chi connectivity index (χ1) is 17.1. The lowest BCUT2D eigenvalue weighted by atomic mass is 9.89. The molecular weight excluding hydrogens is 450 g/mol. The van der Waals surface area contributed by atoms with Crippen molar-refractivity contribution in [3.63, 3.8) is 0 Å². The zero-order valence-corrected chi connectivity index (χ0v) is 19.5. The average Bonchev–Trinajstić information content (AvgIpc) is 3.57. The first-order valence-electron chi connectivity index (χ1n) is 11.7. The van der Waals surface area contributed by atoms with Gasteiger partial charge in [0.2, 0.25) is 0 Å². The third-order valence-corrected chi connectivity index (χ3v) is 7.05. The van der Waals surface area contributed by atoms with Crippen LogP contribution in [0.5, 0.6) is 0 Å². The molecule has 11 nitrogen and oxygen atoms in total. The Morgan fingerprint density at radius 3 is 2.89 bits per heavy atom. The summed E-state index contributed by atoms with van der Waals surface area (Å²) in [6.45, 7) is 0.700. The third-order valence-electron chi connectivity index (χ3n) is 7.05. The van der Waals surface area contributed by atoms with Crippen LogP contribution in [0.3, 0.4) is 0 Å². The van der Waals surface area contributed by atoms with Gasteiger partial charge in [-0.3, -0.25) is 4.79 Å². The van der Waals surface area contributed by atoms with Crippen molar-refractivity contribution < 1.29 is 19.4 Å². The van der Waals surface area contributed by atoms with E-state index >= 15 is 0 Å². The number of rotatable bonds is 6. The number of aromatic nitrogens is 5. The molecule has 0 radical (unpaired) electrons. The molecule has 182 valence electrons. The number of aliphatic hydroxyl groups is 1. The highest BCUT2D eigenvalue weighted by Gasteiger charge is 2.33. The number of hydrogen-bond donors (Lipinski definition) is 3. The molecule has 35 heavy (non-hydrogen) atoms. The number of nitrogens with zero attached hydrogens (tertiary/aromatic N) is 5. The highest BCUT2D eigenvalue weighted by molar-refractivity contribution is 6.01. The van der Waals surface area contributed by atoms with Gasteiger partial charge in [0.1, 0.15) is 23.1 Å². The van der Waals surface area contributed by atoms with E-state index in [1.807, 2.05) is 29.0 Å². The summed E-state index contributed by atoms with van der Waals surface area (Å²) in [5, 5.41) is 22.0. The maximum atomic E-state index is 13.1. The predicted molar refractivity (Wildman–Crippen MR) is 128 cm³/mol. The molecule has 1 amide bonds. The van der Waals surface area contributed by atoms with Crippen molar-refractivity contribution in [2.45, 2.75) is 37.1 Å². The maximum absolute atomic E-state index is 13.1. The number of pyridine rings is 1. The number of ether oxygens (including phenoxy) is 2. The summed E-state index contributed by atoms with van der Waals surface area (Å²) in [7, 11) is 3.46. The smallest absolute Gasteiger partial charge is 0.257 e. The summed E-state index contributed by atoms with van der Waals surface area (Å²) in [6.07, 6.45) is 6.45.